The minimum absolute atomic E-state index is 0.0371. The van der Waals surface area contributed by atoms with Crippen molar-refractivity contribution in [3.63, 3.8) is 0 Å². The maximum absolute atomic E-state index is 13.8. The van der Waals surface area contributed by atoms with E-state index >= 15 is 0 Å². The topological polar surface area (TPSA) is 62.7 Å². The summed E-state index contributed by atoms with van der Waals surface area (Å²) in [5.41, 5.74) is 1.82. The van der Waals surface area contributed by atoms with Crippen molar-refractivity contribution in [3.8, 4) is 5.75 Å². The third-order valence-corrected chi connectivity index (χ3v) is 6.30. The molecule has 0 bridgehead atoms. The Kier molecular flexibility index (Phi) is 7.46. The molecule has 6 nitrogen and oxygen atoms in total. The third kappa shape index (κ3) is 5.38. The van der Waals surface area contributed by atoms with Crippen LogP contribution in [0.15, 0.2) is 60.7 Å². The molecule has 1 aromatic heterocycles. The molecule has 1 aliphatic heterocycles. The summed E-state index contributed by atoms with van der Waals surface area (Å²) >= 11 is 0. The van der Waals surface area contributed by atoms with Crippen LogP contribution in [-0.4, -0.2) is 59.4 Å². The number of para-hydroxylation sites is 2. The molecule has 6 heteroatoms. The quantitative estimate of drug-likeness (QED) is 0.551. The number of fused-ring (bicyclic) bond motifs is 2. The second-order valence-corrected chi connectivity index (χ2v) is 9.41. The first-order valence-corrected chi connectivity index (χ1v) is 12.1. The fourth-order valence-corrected chi connectivity index (χ4v) is 4.51. The Bertz CT molecular complexity index is 1160. The first-order chi connectivity index (χ1) is 16.4. The van der Waals surface area contributed by atoms with E-state index in [9.17, 15) is 9.59 Å². The highest BCUT2D eigenvalue weighted by atomic mass is 16.5. The number of pyridine rings is 1. The van der Waals surface area contributed by atoms with Crippen LogP contribution < -0.4 is 4.74 Å². The molecule has 178 valence electrons. The van der Waals surface area contributed by atoms with Crippen molar-refractivity contribution < 1.29 is 14.3 Å². The average molecular weight is 460 g/mol. The van der Waals surface area contributed by atoms with Crippen LogP contribution in [0.1, 0.15) is 54.0 Å². The van der Waals surface area contributed by atoms with Gasteiger partial charge in [-0.25, -0.2) is 4.98 Å². The molecule has 0 fully saturated rings. The lowest BCUT2D eigenvalue weighted by Gasteiger charge is -2.34. The van der Waals surface area contributed by atoms with Crippen LogP contribution in [0.2, 0.25) is 0 Å². The number of ether oxygens (including phenoxy) is 1. The van der Waals surface area contributed by atoms with Gasteiger partial charge in [0, 0.05) is 25.5 Å². The van der Waals surface area contributed by atoms with Gasteiger partial charge in [-0.3, -0.25) is 9.59 Å². The maximum Gasteiger partial charge on any atom is 0.272 e. The Morgan fingerprint density at radius 3 is 2.59 bits per heavy atom. The molecule has 0 radical (unpaired) electrons. The number of rotatable bonds is 3. The van der Waals surface area contributed by atoms with E-state index in [0.717, 1.165) is 30.2 Å². The van der Waals surface area contributed by atoms with Crippen molar-refractivity contribution in [2.24, 2.45) is 5.92 Å². The van der Waals surface area contributed by atoms with Crippen LogP contribution in [0, 0.1) is 5.92 Å². The van der Waals surface area contributed by atoms with Crippen molar-refractivity contribution in [1.29, 1.82) is 0 Å². The van der Waals surface area contributed by atoms with Crippen LogP contribution in [-0.2, 0) is 0 Å². The summed E-state index contributed by atoms with van der Waals surface area (Å²) in [6.07, 6.45) is 2.41. The minimum Gasteiger partial charge on any atom is -0.491 e. The lowest BCUT2D eigenvalue weighted by atomic mass is 10.0. The number of carbonyl (C=O) groups excluding carboxylic acids is 2. The molecular formula is C28H33N3O3. The molecule has 4 rings (SSSR count). The number of benzene rings is 2. The summed E-state index contributed by atoms with van der Waals surface area (Å²) in [5, 5.41) is 1.01. The lowest BCUT2D eigenvalue weighted by Crippen LogP contribution is -2.45. The Morgan fingerprint density at radius 2 is 1.76 bits per heavy atom. The summed E-state index contributed by atoms with van der Waals surface area (Å²) in [5.74, 6) is 0.828. The van der Waals surface area contributed by atoms with Crippen molar-refractivity contribution >= 4 is 22.7 Å². The van der Waals surface area contributed by atoms with E-state index in [1.54, 1.807) is 11.0 Å². The van der Waals surface area contributed by atoms with Gasteiger partial charge in [-0.15, -0.1) is 0 Å². The molecule has 0 N–H and O–H groups in total. The Morgan fingerprint density at radius 1 is 1.03 bits per heavy atom. The summed E-state index contributed by atoms with van der Waals surface area (Å²) in [7, 11) is 1.81. The fraction of sp³-hybridized carbons (Fsp3) is 0.393. The van der Waals surface area contributed by atoms with Gasteiger partial charge in [-0.1, -0.05) is 50.2 Å². The van der Waals surface area contributed by atoms with E-state index in [0.29, 0.717) is 42.6 Å². The molecule has 2 amide bonds. The molecule has 2 heterocycles. The van der Waals surface area contributed by atoms with Gasteiger partial charge in [0.1, 0.15) is 18.1 Å². The maximum atomic E-state index is 13.8. The van der Waals surface area contributed by atoms with Crippen molar-refractivity contribution in [1.82, 2.24) is 14.8 Å². The smallest absolute Gasteiger partial charge is 0.272 e. The third-order valence-electron chi connectivity index (χ3n) is 6.30. The van der Waals surface area contributed by atoms with Gasteiger partial charge < -0.3 is 14.5 Å². The number of hydrogen-bond donors (Lipinski definition) is 0. The van der Waals surface area contributed by atoms with E-state index in [2.05, 4.69) is 18.8 Å². The standard InChI is InChI=1S/C28H33N3O3/c1-20(2)18-22-19-34-26-13-7-5-11-23(26)27(32)30(3)16-8-9-17-31(22)28(33)25-15-14-21-10-4-6-12-24(21)29-25/h4-7,10-15,20,22H,8-9,16-19H2,1-3H3/t22-/m0/s1. The van der Waals surface area contributed by atoms with Gasteiger partial charge in [0.2, 0.25) is 0 Å². The van der Waals surface area contributed by atoms with Crippen LogP contribution in [0.4, 0.5) is 0 Å². The Labute approximate surface area is 201 Å². The zero-order valence-corrected chi connectivity index (χ0v) is 20.2. The largest absolute Gasteiger partial charge is 0.491 e. The highest BCUT2D eigenvalue weighted by Gasteiger charge is 2.28. The summed E-state index contributed by atoms with van der Waals surface area (Å²) in [6.45, 7) is 5.85. The zero-order valence-electron chi connectivity index (χ0n) is 20.2. The van der Waals surface area contributed by atoms with Crippen LogP contribution in [0.25, 0.3) is 10.9 Å². The summed E-state index contributed by atoms with van der Waals surface area (Å²) < 4.78 is 6.22. The fourth-order valence-electron chi connectivity index (χ4n) is 4.51. The number of carbonyl (C=O) groups is 2. The van der Waals surface area contributed by atoms with Gasteiger partial charge in [0.15, 0.2) is 0 Å². The molecule has 1 aliphatic rings. The predicted octanol–water partition coefficient (Wildman–Crippen LogP) is 5.04. The lowest BCUT2D eigenvalue weighted by molar-refractivity contribution is 0.0554. The molecule has 0 aliphatic carbocycles. The number of hydrogen-bond acceptors (Lipinski definition) is 4. The second-order valence-electron chi connectivity index (χ2n) is 9.41. The van der Waals surface area contributed by atoms with Gasteiger partial charge >= 0.3 is 0 Å². The van der Waals surface area contributed by atoms with E-state index in [4.69, 9.17) is 4.74 Å². The second kappa shape index (κ2) is 10.7. The molecule has 0 spiro atoms. The van der Waals surface area contributed by atoms with E-state index in [1.165, 1.54) is 0 Å². The number of nitrogens with zero attached hydrogens (tertiary/aromatic N) is 3. The summed E-state index contributed by atoms with van der Waals surface area (Å²) in [6, 6.07) is 18.8. The molecule has 0 unspecified atom stereocenters. The molecule has 3 aromatic rings. The molecule has 2 aromatic carbocycles. The Hall–Kier alpha value is -3.41. The minimum atomic E-state index is -0.124. The number of aromatic nitrogens is 1. The van der Waals surface area contributed by atoms with Crippen molar-refractivity contribution in [2.45, 2.75) is 39.2 Å². The van der Waals surface area contributed by atoms with Gasteiger partial charge in [0.05, 0.1) is 17.1 Å². The van der Waals surface area contributed by atoms with Gasteiger partial charge in [-0.05, 0) is 49.4 Å². The Balaban J connectivity index is 1.67. The monoisotopic (exact) mass is 459 g/mol. The van der Waals surface area contributed by atoms with E-state index in [1.807, 2.05) is 66.5 Å². The molecule has 34 heavy (non-hydrogen) atoms. The highest BCUT2D eigenvalue weighted by molar-refractivity contribution is 5.97. The van der Waals surface area contributed by atoms with Crippen LogP contribution in [0.5, 0.6) is 5.75 Å². The van der Waals surface area contributed by atoms with Crippen LogP contribution >= 0.6 is 0 Å². The van der Waals surface area contributed by atoms with E-state index in [-0.39, 0.29) is 17.9 Å². The van der Waals surface area contributed by atoms with Gasteiger partial charge in [0.25, 0.3) is 11.8 Å². The zero-order chi connectivity index (χ0) is 24.1. The molecule has 0 saturated heterocycles. The number of amides is 2. The van der Waals surface area contributed by atoms with Crippen molar-refractivity contribution in [2.75, 3.05) is 26.7 Å². The highest BCUT2D eigenvalue weighted by Crippen LogP contribution is 2.24. The van der Waals surface area contributed by atoms with Gasteiger partial charge in [-0.2, -0.15) is 0 Å². The SMILES string of the molecule is CC(C)C[C@H]1COc2ccccc2C(=O)N(C)CCCCN1C(=O)c1ccc2ccccc2n1. The van der Waals surface area contributed by atoms with Crippen molar-refractivity contribution in [3.05, 3.63) is 71.9 Å². The molecule has 0 saturated carbocycles. The van der Waals surface area contributed by atoms with Crippen LogP contribution in [0.3, 0.4) is 0 Å². The normalized spacial score (nSPS) is 17.6. The summed E-state index contributed by atoms with van der Waals surface area (Å²) in [4.78, 5) is 35.0. The average Bonchev–Trinajstić information content (AvgIpc) is 2.85. The molecular weight excluding hydrogens is 426 g/mol. The molecule has 1 atom stereocenters. The van der Waals surface area contributed by atoms with E-state index < -0.39 is 0 Å². The first kappa shape index (κ1) is 23.7. The predicted molar refractivity (Wildman–Crippen MR) is 134 cm³/mol. The first-order valence-electron chi connectivity index (χ1n) is 12.1.